The summed E-state index contributed by atoms with van der Waals surface area (Å²) in [6.45, 7) is 18.9. The molecule has 0 aliphatic carbocycles. The minimum absolute atomic E-state index is 0.480. The van der Waals surface area contributed by atoms with Gasteiger partial charge in [0.2, 0.25) is 0 Å². The molecule has 0 bridgehead atoms. The van der Waals surface area contributed by atoms with Crippen LogP contribution >= 0.6 is 0 Å². The fourth-order valence-electron chi connectivity index (χ4n) is 0.997. The summed E-state index contributed by atoms with van der Waals surface area (Å²) in [5.74, 6) is 1.06. The molecule has 1 nitrogen and oxygen atoms in total. The molecule has 0 heterocycles. The second kappa shape index (κ2) is 7.26. The lowest BCUT2D eigenvalue weighted by atomic mass is 10.0. The second-order valence-electron chi connectivity index (χ2n) is 5.31. The predicted octanol–water partition coefficient (Wildman–Crippen LogP) is 5.17. The molecule has 0 saturated carbocycles. The van der Waals surface area contributed by atoms with Gasteiger partial charge in [0.1, 0.15) is 0 Å². The average Bonchev–Trinajstić information content (AvgIpc) is 2.22. The van der Waals surface area contributed by atoms with Crippen molar-refractivity contribution in [3.63, 3.8) is 0 Å². The Kier molecular flexibility index (Phi) is 6.79. The van der Waals surface area contributed by atoms with Crippen LogP contribution in [-0.2, 0) is 0 Å². The molecule has 0 radical (unpaired) electrons. The Morgan fingerprint density at radius 3 is 1.82 bits per heavy atom. The summed E-state index contributed by atoms with van der Waals surface area (Å²) in [4.78, 5) is 4.64. The Hall–Kier alpha value is -1.11. The molecule has 0 aromatic rings. The van der Waals surface area contributed by atoms with E-state index in [9.17, 15) is 0 Å². The fourth-order valence-corrected chi connectivity index (χ4v) is 0.997. The molecule has 0 unspecified atom stereocenters. The van der Waals surface area contributed by atoms with Crippen LogP contribution in [0.1, 0.15) is 48.5 Å². The van der Waals surface area contributed by atoms with E-state index in [-0.39, 0.29) is 0 Å². The van der Waals surface area contributed by atoms with Gasteiger partial charge in [-0.1, -0.05) is 45.9 Å². The highest BCUT2D eigenvalue weighted by Crippen LogP contribution is 2.14. The van der Waals surface area contributed by atoms with E-state index in [2.05, 4.69) is 65.3 Å². The third kappa shape index (κ3) is 6.25. The Morgan fingerprint density at radius 1 is 0.941 bits per heavy atom. The van der Waals surface area contributed by atoms with Crippen LogP contribution in [0, 0.1) is 11.8 Å². The predicted molar refractivity (Wildman–Crippen MR) is 79.4 cm³/mol. The van der Waals surface area contributed by atoms with E-state index >= 15 is 0 Å². The minimum Gasteiger partial charge on any atom is -0.258 e. The molecule has 0 saturated heterocycles. The van der Waals surface area contributed by atoms with Gasteiger partial charge in [-0.3, -0.25) is 4.99 Å². The standard InChI is InChI=1S/C16H27N/c1-11(2)14(7)9-10-16(13(5)6)17-15(8)12(3)4/h9-12H,5H2,1-4,6-8H3/b14-9+,16-10+,17-15?. The lowest BCUT2D eigenvalue weighted by Gasteiger charge is -2.07. The molecule has 0 aromatic carbocycles. The molecule has 0 aliphatic heterocycles. The van der Waals surface area contributed by atoms with Crippen molar-refractivity contribution in [1.82, 2.24) is 0 Å². The molecule has 17 heavy (non-hydrogen) atoms. The first-order valence-corrected chi connectivity index (χ1v) is 6.35. The van der Waals surface area contributed by atoms with Crippen LogP contribution in [-0.4, -0.2) is 5.71 Å². The number of hydrogen-bond acceptors (Lipinski definition) is 1. The van der Waals surface area contributed by atoms with Crippen molar-refractivity contribution in [2.24, 2.45) is 16.8 Å². The third-order valence-corrected chi connectivity index (χ3v) is 2.98. The van der Waals surface area contributed by atoms with E-state index in [0.717, 1.165) is 17.0 Å². The Labute approximate surface area is 107 Å². The molecule has 0 aliphatic rings. The first-order chi connectivity index (χ1) is 7.75. The highest BCUT2D eigenvalue weighted by atomic mass is 14.8. The second-order valence-corrected chi connectivity index (χ2v) is 5.31. The highest BCUT2D eigenvalue weighted by molar-refractivity contribution is 5.85. The van der Waals surface area contributed by atoms with Gasteiger partial charge in [-0.15, -0.1) is 0 Å². The van der Waals surface area contributed by atoms with Crippen molar-refractivity contribution >= 4 is 5.71 Å². The van der Waals surface area contributed by atoms with Crippen LogP contribution in [0.4, 0.5) is 0 Å². The van der Waals surface area contributed by atoms with Gasteiger partial charge in [0.05, 0.1) is 5.70 Å². The molecule has 0 fully saturated rings. The number of hydrogen-bond donors (Lipinski definition) is 0. The van der Waals surface area contributed by atoms with Crippen LogP contribution in [0.25, 0.3) is 0 Å². The molecule has 0 N–H and O–H groups in total. The lowest BCUT2D eigenvalue weighted by Crippen LogP contribution is -2.02. The Balaban J connectivity index is 5.14. The van der Waals surface area contributed by atoms with Gasteiger partial charge in [-0.25, -0.2) is 0 Å². The molecule has 0 rings (SSSR count). The summed E-state index contributed by atoms with van der Waals surface area (Å²) in [5.41, 5.74) is 4.50. The van der Waals surface area contributed by atoms with Gasteiger partial charge in [0, 0.05) is 5.71 Å². The van der Waals surface area contributed by atoms with Crippen molar-refractivity contribution < 1.29 is 0 Å². The molecule has 0 amide bonds. The molecular formula is C16H27N. The third-order valence-electron chi connectivity index (χ3n) is 2.98. The van der Waals surface area contributed by atoms with E-state index < -0.39 is 0 Å². The van der Waals surface area contributed by atoms with Crippen LogP contribution in [0.5, 0.6) is 0 Å². The largest absolute Gasteiger partial charge is 0.258 e. The van der Waals surface area contributed by atoms with E-state index in [1.54, 1.807) is 0 Å². The number of allylic oxidation sites excluding steroid dienone is 4. The smallest absolute Gasteiger partial charge is 0.0652 e. The number of aliphatic imine (C=N–C) groups is 1. The maximum Gasteiger partial charge on any atom is 0.0652 e. The van der Waals surface area contributed by atoms with Crippen LogP contribution in [0.2, 0.25) is 0 Å². The van der Waals surface area contributed by atoms with Crippen molar-refractivity contribution in [3.05, 3.63) is 35.6 Å². The summed E-state index contributed by atoms with van der Waals surface area (Å²) in [7, 11) is 0. The zero-order valence-electron chi connectivity index (χ0n) is 12.5. The zero-order chi connectivity index (χ0) is 13.6. The van der Waals surface area contributed by atoms with Crippen LogP contribution < -0.4 is 0 Å². The minimum atomic E-state index is 0.480. The molecule has 0 spiro atoms. The summed E-state index contributed by atoms with van der Waals surface area (Å²) < 4.78 is 0. The molecule has 0 aromatic heterocycles. The normalized spacial score (nSPS) is 14.8. The number of rotatable bonds is 5. The maximum absolute atomic E-state index is 4.64. The maximum atomic E-state index is 4.64. The highest BCUT2D eigenvalue weighted by Gasteiger charge is 2.01. The van der Waals surface area contributed by atoms with E-state index in [0.29, 0.717) is 11.8 Å². The molecule has 0 atom stereocenters. The first kappa shape index (κ1) is 15.9. The topological polar surface area (TPSA) is 12.4 Å². The summed E-state index contributed by atoms with van der Waals surface area (Å²) in [6, 6.07) is 0. The Morgan fingerprint density at radius 2 is 1.47 bits per heavy atom. The van der Waals surface area contributed by atoms with Crippen LogP contribution in [0.3, 0.4) is 0 Å². The lowest BCUT2D eigenvalue weighted by molar-refractivity contribution is 0.769. The van der Waals surface area contributed by atoms with Gasteiger partial charge in [0.25, 0.3) is 0 Å². The van der Waals surface area contributed by atoms with Crippen molar-refractivity contribution in [3.8, 4) is 0 Å². The van der Waals surface area contributed by atoms with Gasteiger partial charge < -0.3 is 0 Å². The van der Waals surface area contributed by atoms with Crippen molar-refractivity contribution in [2.75, 3.05) is 0 Å². The van der Waals surface area contributed by atoms with Crippen LogP contribution in [0.15, 0.2) is 40.6 Å². The molecule has 1 heteroatoms. The SMILES string of the molecule is C=C(C)/C(=C\C=C(/C)C(C)C)N=C(C)C(C)C. The summed E-state index contributed by atoms with van der Waals surface area (Å²) in [5, 5.41) is 0. The summed E-state index contributed by atoms with van der Waals surface area (Å²) >= 11 is 0. The van der Waals surface area contributed by atoms with Gasteiger partial charge in [-0.2, -0.15) is 0 Å². The zero-order valence-corrected chi connectivity index (χ0v) is 12.5. The quantitative estimate of drug-likeness (QED) is 0.459. The summed E-state index contributed by atoms with van der Waals surface area (Å²) in [6.07, 6.45) is 4.22. The van der Waals surface area contributed by atoms with Crippen molar-refractivity contribution in [1.29, 1.82) is 0 Å². The molecular weight excluding hydrogens is 206 g/mol. The fraction of sp³-hybridized carbons (Fsp3) is 0.562. The van der Waals surface area contributed by atoms with Gasteiger partial charge in [0.15, 0.2) is 0 Å². The number of nitrogens with zero attached hydrogens (tertiary/aromatic N) is 1. The average molecular weight is 233 g/mol. The van der Waals surface area contributed by atoms with E-state index in [1.807, 2.05) is 6.92 Å². The monoisotopic (exact) mass is 233 g/mol. The molecule has 96 valence electrons. The van der Waals surface area contributed by atoms with Gasteiger partial charge >= 0.3 is 0 Å². The van der Waals surface area contributed by atoms with E-state index in [1.165, 1.54) is 5.57 Å². The van der Waals surface area contributed by atoms with Gasteiger partial charge in [-0.05, 0) is 44.3 Å². The Bertz CT molecular complexity index is 352. The first-order valence-electron chi connectivity index (χ1n) is 6.35. The van der Waals surface area contributed by atoms with Crippen molar-refractivity contribution in [2.45, 2.75) is 48.5 Å². The van der Waals surface area contributed by atoms with E-state index in [4.69, 9.17) is 0 Å².